The lowest BCUT2D eigenvalue weighted by molar-refractivity contribution is -0.280. The third kappa shape index (κ3) is 3.17. The summed E-state index contributed by atoms with van der Waals surface area (Å²) in [5.41, 5.74) is 1.06. The van der Waals surface area contributed by atoms with Crippen LogP contribution < -0.4 is 0 Å². The highest BCUT2D eigenvalue weighted by atomic mass is 16.3. The molecule has 196 valence electrons. The summed E-state index contributed by atoms with van der Waals surface area (Å²) in [5, 5.41) is 33.1. The van der Waals surface area contributed by atoms with E-state index in [1.54, 1.807) is 0 Å². The highest BCUT2D eigenvalue weighted by Gasteiger charge is 2.71. The van der Waals surface area contributed by atoms with E-state index < -0.39 is 0 Å². The molecule has 10 atom stereocenters. The second kappa shape index (κ2) is 7.70. The van der Waals surface area contributed by atoms with Gasteiger partial charge in [-0.25, -0.2) is 0 Å². The SMILES string of the molecule is CC1(C)CC[C@]2(CCO)CC[C@]3(C)C([C@H](O)C[C@@H]4[C@@]5(C)CC[C@H](O)C(C)(C)[C@@H]5CC[C@]43C)[C@H]2C1. The summed E-state index contributed by atoms with van der Waals surface area (Å²) in [6, 6.07) is 0. The van der Waals surface area contributed by atoms with Crippen molar-refractivity contribution in [2.75, 3.05) is 6.61 Å². The van der Waals surface area contributed by atoms with Crippen molar-refractivity contribution in [2.45, 2.75) is 131 Å². The molecule has 5 aliphatic rings. The first-order chi connectivity index (χ1) is 15.7. The number of hydrogen-bond donors (Lipinski definition) is 3. The summed E-state index contributed by atoms with van der Waals surface area (Å²) in [7, 11) is 0. The van der Waals surface area contributed by atoms with E-state index in [4.69, 9.17) is 0 Å². The lowest BCUT2D eigenvalue weighted by Crippen LogP contribution is -2.70. The van der Waals surface area contributed by atoms with Gasteiger partial charge in [-0.2, -0.15) is 0 Å². The molecule has 0 aromatic carbocycles. The molecule has 5 saturated carbocycles. The topological polar surface area (TPSA) is 60.7 Å². The average Bonchev–Trinajstić information content (AvgIpc) is 2.74. The Morgan fingerprint density at radius 2 is 1.41 bits per heavy atom. The molecule has 1 unspecified atom stereocenters. The molecule has 0 aromatic heterocycles. The summed E-state index contributed by atoms with van der Waals surface area (Å²) in [6.45, 7) is 17.5. The quantitative estimate of drug-likeness (QED) is 0.423. The van der Waals surface area contributed by atoms with Gasteiger partial charge in [0.15, 0.2) is 0 Å². The first kappa shape index (κ1) is 25.5. The van der Waals surface area contributed by atoms with Crippen molar-refractivity contribution in [1.29, 1.82) is 0 Å². The van der Waals surface area contributed by atoms with Crippen LogP contribution in [0.3, 0.4) is 0 Å². The Kier molecular flexibility index (Phi) is 5.78. The van der Waals surface area contributed by atoms with Crippen LogP contribution in [0.2, 0.25) is 0 Å². The molecule has 0 saturated heterocycles. The Labute approximate surface area is 209 Å². The predicted octanol–water partition coefficient (Wildman–Crippen LogP) is 6.58. The van der Waals surface area contributed by atoms with Gasteiger partial charge < -0.3 is 15.3 Å². The molecule has 5 aliphatic carbocycles. The normalized spacial score (nSPS) is 55.9. The molecule has 3 heteroatoms. The molecule has 0 spiro atoms. The molecule has 3 N–H and O–H groups in total. The van der Waals surface area contributed by atoms with E-state index in [0.29, 0.717) is 29.1 Å². The summed E-state index contributed by atoms with van der Waals surface area (Å²) in [5.74, 6) is 1.91. The molecule has 3 nitrogen and oxygen atoms in total. The number of aliphatic hydroxyl groups is 3. The average molecular weight is 475 g/mol. The van der Waals surface area contributed by atoms with Gasteiger partial charge in [-0.1, -0.05) is 48.5 Å². The van der Waals surface area contributed by atoms with E-state index in [-0.39, 0.29) is 45.9 Å². The molecule has 0 amide bonds. The third-order valence-electron chi connectivity index (χ3n) is 14.0. The number of fused-ring (bicyclic) bond motifs is 7. The summed E-state index contributed by atoms with van der Waals surface area (Å²) >= 11 is 0. The monoisotopic (exact) mass is 474 g/mol. The fraction of sp³-hybridized carbons (Fsp3) is 1.00. The van der Waals surface area contributed by atoms with Crippen LogP contribution >= 0.6 is 0 Å². The molecule has 0 bridgehead atoms. The van der Waals surface area contributed by atoms with Crippen LogP contribution in [0.4, 0.5) is 0 Å². The van der Waals surface area contributed by atoms with E-state index in [9.17, 15) is 15.3 Å². The number of aliphatic hydroxyl groups excluding tert-OH is 3. The maximum atomic E-state index is 12.1. The maximum Gasteiger partial charge on any atom is 0.0594 e. The van der Waals surface area contributed by atoms with Crippen LogP contribution in [0.5, 0.6) is 0 Å². The fourth-order valence-electron chi connectivity index (χ4n) is 11.8. The zero-order chi connectivity index (χ0) is 24.9. The number of rotatable bonds is 2. The Morgan fingerprint density at radius 1 is 0.735 bits per heavy atom. The van der Waals surface area contributed by atoms with Crippen molar-refractivity contribution in [2.24, 2.45) is 56.2 Å². The van der Waals surface area contributed by atoms with E-state index in [2.05, 4.69) is 48.5 Å². The Hall–Kier alpha value is -0.120. The molecular formula is C31H54O3. The minimum atomic E-state index is -0.245. The van der Waals surface area contributed by atoms with E-state index in [1.165, 1.54) is 44.9 Å². The van der Waals surface area contributed by atoms with Crippen molar-refractivity contribution in [3.8, 4) is 0 Å². The Morgan fingerprint density at radius 3 is 2.09 bits per heavy atom. The Bertz CT molecular complexity index is 804. The second-order valence-electron chi connectivity index (χ2n) is 16.0. The van der Waals surface area contributed by atoms with Crippen LogP contribution in [-0.2, 0) is 0 Å². The standard InChI is InChI=1S/C31H54O3/c1-26(2)12-14-31(16-17-32)15-13-30(7)25(20(31)19-26)21(33)18-23-28(5)10-9-24(34)27(3,4)22(28)8-11-29(23,30)6/h20-25,32-34H,8-19H2,1-7H3/t20-,21-,22+,23-,24+,25?,28+,29-,30-,31-/m1/s1. The molecule has 5 rings (SSSR count). The van der Waals surface area contributed by atoms with Crippen molar-refractivity contribution in [3.05, 3.63) is 0 Å². The van der Waals surface area contributed by atoms with Crippen LogP contribution in [0, 0.1) is 56.2 Å². The zero-order valence-electron chi connectivity index (χ0n) is 23.3. The summed E-state index contributed by atoms with van der Waals surface area (Å²) in [6.07, 6.45) is 11.9. The lowest BCUT2D eigenvalue weighted by atomic mass is 9.31. The first-order valence-electron chi connectivity index (χ1n) is 14.6. The van der Waals surface area contributed by atoms with Gasteiger partial charge >= 0.3 is 0 Å². The molecule has 0 heterocycles. The smallest absolute Gasteiger partial charge is 0.0594 e. The largest absolute Gasteiger partial charge is 0.396 e. The van der Waals surface area contributed by atoms with Crippen molar-refractivity contribution < 1.29 is 15.3 Å². The van der Waals surface area contributed by atoms with Crippen molar-refractivity contribution >= 4 is 0 Å². The third-order valence-corrected chi connectivity index (χ3v) is 14.0. The minimum Gasteiger partial charge on any atom is -0.396 e. The van der Waals surface area contributed by atoms with Crippen LogP contribution in [0.25, 0.3) is 0 Å². The van der Waals surface area contributed by atoms with Crippen LogP contribution in [-0.4, -0.2) is 34.1 Å². The summed E-state index contributed by atoms with van der Waals surface area (Å²) < 4.78 is 0. The molecule has 0 aromatic rings. The summed E-state index contributed by atoms with van der Waals surface area (Å²) in [4.78, 5) is 0. The molecular weight excluding hydrogens is 420 g/mol. The van der Waals surface area contributed by atoms with Gasteiger partial charge in [0.05, 0.1) is 12.2 Å². The van der Waals surface area contributed by atoms with Crippen molar-refractivity contribution in [1.82, 2.24) is 0 Å². The fourth-order valence-corrected chi connectivity index (χ4v) is 11.8. The van der Waals surface area contributed by atoms with Gasteiger partial charge in [0.25, 0.3) is 0 Å². The van der Waals surface area contributed by atoms with E-state index in [0.717, 1.165) is 25.7 Å². The molecule has 5 fully saturated rings. The van der Waals surface area contributed by atoms with Gasteiger partial charge in [-0.3, -0.25) is 0 Å². The van der Waals surface area contributed by atoms with Gasteiger partial charge in [-0.15, -0.1) is 0 Å². The minimum absolute atomic E-state index is 0.0483. The molecule has 34 heavy (non-hydrogen) atoms. The van der Waals surface area contributed by atoms with Crippen molar-refractivity contribution in [3.63, 3.8) is 0 Å². The van der Waals surface area contributed by atoms with Crippen LogP contribution in [0.15, 0.2) is 0 Å². The van der Waals surface area contributed by atoms with Crippen LogP contribution in [0.1, 0.15) is 119 Å². The van der Waals surface area contributed by atoms with Gasteiger partial charge in [0, 0.05) is 6.61 Å². The maximum absolute atomic E-state index is 12.1. The molecule has 0 aliphatic heterocycles. The predicted molar refractivity (Wildman–Crippen MR) is 138 cm³/mol. The lowest BCUT2D eigenvalue weighted by Gasteiger charge is -2.74. The molecule has 0 radical (unpaired) electrons. The van der Waals surface area contributed by atoms with Gasteiger partial charge in [0.2, 0.25) is 0 Å². The van der Waals surface area contributed by atoms with E-state index in [1.807, 2.05) is 0 Å². The zero-order valence-corrected chi connectivity index (χ0v) is 23.3. The first-order valence-corrected chi connectivity index (χ1v) is 14.6. The van der Waals surface area contributed by atoms with Gasteiger partial charge in [-0.05, 0) is 127 Å². The number of hydrogen-bond acceptors (Lipinski definition) is 3. The Balaban J connectivity index is 1.56. The second-order valence-corrected chi connectivity index (χ2v) is 16.0. The highest BCUT2D eigenvalue weighted by molar-refractivity contribution is 5.20. The highest BCUT2D eigenvalue weighted by Crippen LogP contribution is 2.77. The van der Waals surface area contributed by atoms with Gasteiger partial charge in [0.1, 0.15) is 0 Å². The van der Waals surface area contributed by atoms with E-state index >= 15 is 0 Å².